The number of H-pyrrole nitrogens is 1. The van der Waals surface area contributed by atoms with Crippen molar-refractivity contribution in [1.29, 1.82) is 0 Å². The topological polar surface area (TPSA) is 164 Å². The number of nitrogens with zero attached hydrogens (tertiary/aromatic N) is 1. The molecular weight excluding hydrogens is 697 g/mol. The van der Waals surface area contributed by atoms with E-state index in [1.165, 1.54) is 12.1 Å². The first-order valence-electron chi connectivity index (χ1n) is 18.1. The Bertz CT molecular complexity index is 2280. The number of rotatable bonds is 16. The van der Waals surface area contributed by atoms with E-state index in [9.17, 15) is 29.7 Å². The monoisotopic (exact) mass is 740 g/mol. The Morgan fingerprint density at radius 3 is 2.31 bits per heavy atom. The smallest absolute Gasteiger partial charge is 0.405 e. The van der Waals surface area contributed by atoms with Gasteiger partial charge < -0.3 is 40.6 Å². The van der Waals surface area contributed by atoms with Crippen LogP contribution in [0, 0.1) is 6.92 Å². The van der Waals surface area contributed by atoms with E-state index < -0.39 is 18.2 Å². The van der Waals surface area contributed by atoms with E-state index >= 15 is 0 Å². The number of benzene rings is 5. The van der Waals surface area contributed by atoms with Crippen LogP contribution < -0.4 is 20.9 Å². The number of nitrogens with one attached hydrogen (secondary N) is 3. The molecule has 282 valence electrons. The zero-order valence-corrected chi connectivity index (χ0v) is 30.4. The molecule has 6 N–H and O–H groups in total. The minimum absolute atomic E-state index is 0.0645. The van der Waals surface area contributed by atoms with Crippen molar-refractivity contribution < 1.29 is 29.6 Å². The second kappa shape index (κ2) is 18.1. The minimum atomic E-state index is -1.12. The molecule has 0 saturated carbocycles. The number of aliphatic hydroxyl groups is 1. The van der Waals surface area contributed by atoms with Crippen LogP contribution in [0.1, 0.15) is 62.3 Å². The Morgan fingerprint density at radius 1 is 0.836 bits per heavy atom. The van der Waals surface area contributed by atoms with E-state index in [0.29, 0.717) is 48.3 Å². The number of aliphatic hydroxyl groups excluding tert-OH is 1. The first-order valence-corrected chi connectivity index (χ1v) is 18.1. The minimum Gasteiger partial charge on any atom is -0.506 e. The molecule has 0 spiro atoms. The number of ether oxygens (including phenoxy) is 1. The molecule has 1 unspecified atom stereocenters. The molecule has 55 heavy (non-hydrogen) atoms. The molecule has 11 heteroatoms. The molecule has 0 saturated heterocycles. The molecule has 0 bridgehead atoms. The van der Waals surface area contributed by atoms with Crippen molar-refractivity contribution in [2.45, 2.75) is 38.6 Å². The molecular formula is C44H44N4O7. The van der Waals surface area contributed by atoms with Crippen LogP contribution in [-0.2, 0) is 13.2 Å². The average Bonchev–Trinajstić information content (AvgIpc) is 3.20. The van der Waals surface area contributed by atoms with Gasteiger partial charge in [0.1, 0.15) is 18.1 Å². The van der Waals surface area contributed by atoms with Gasteiger partial charge in [0.15, 0.2) is 0 Å². The number of pyridine rings is 1. The van der Waals surface area contributed by atoms with E-state index in [1.54, 1.807) is 24.3 Å². The number of aromatic nitrogens is 1. The molecule has 0 radical (unpaired) electrons. The number of amides is 2. The van der Waals surface area contributed by atoms with Crippen LogP contribution in [0.3, 0.4) is 0 Å². The Kier molecular flexibility index (Phi) is 12.6. The lowest BCUT2D eigenvalue weighted by atomic mass is 9.98. The third kappa shape index (κ3) is 10.2. The van der Waals surface area contributed by atoms with Gasteiger partial charge in [0, 0.05) is 36.7 Å². The molecule has 0 aliphatic heterocycles. The van der Waals surface area contributed by atoms with Gasteiger partial charge >= 0.3 is 6.09 Å². The molecule has 6 aromatic rings. The first-order chi connectivity index (χ1) is 26.6. The van der Waals surface area contributed by atoms with Crippen LogP contribution in [-0.4, -0.2) is 56.8 Å². The number of phenols is 1. The van der Waals surface area contributed by atoms with Gasteiger partial charge in [-0.1, -0.05) is 90.5 Å². The van der Waals surface area contributed by atoms with Crippen LogP contribution in [0.25, 0.3) is 10.9 Å². The summed E-state index contributed by atoms with van der Waals surface area (Å²) >= 11 is 0. The number of carbonyl (C=O) groups excluding carboxylic acids is 1. The second-order valence-electron chi connectivity index (χ2n) is 13.4. The third-order valence-corrected chi connectivity index (χ3v) is 9.36. The fourth-order valence-corrected chi connectivity index (χ4v) is 6.46. The van der Waals surface area contributed by atoms with Crippen molar-refractivity contribution in [2.75, 3.05) is 19.6 Å². The van der Waals surface area contributed by atoms with Crippen molar-refractivity contribution in [3.05, 3.63) is 177 Å². The van der Waals surface area contributed by atoms with Crippen LogP contribution in [0.4, 0.5) is 4.79 Å². The fourth-order valence-electron chi connectivity index (χ4n) is 6.46. The number of aromatic amines is 1. The van der Waals surface area contributed by atoms with Crippen LogP contribution in [0.2, 0.25) is 0 Å². The van der Waals surface area contributed by atoms with E-state index in [0.717, 1.165) is 27.8 Å². The zero-order valence-electron chi connectivity index (χ0n) is 30.4. The van der Waals surface area contributed by atoms with Gasteiger partial charge in [-0.2, -0.15) is 0 Å². The lowest BCUT2D eigenvalue weighted by Crippen LogP contribution is -2.33. The number of phenolic OH excluding ortho intramolecular Hbond substituents is 1. The molecule has 0 fully saturated rings. The molecule has 11 nitrogen and oxygen atoms in total. The number of fused-ring (bicyclic) bond motifs is 1. The van der Waals surface area contributed by atoms with Gasteiger partial charge in [0.05, 0.1) is 17.7 Å². The maximum atomic E-state index is 13.9. The molecule has 2 amide bonds. The van der Waals surface area contributed by atoms with Gasteiger partial charge in [-0.3, -0.25) is 9.59 Å². The Labute approximate surface area is 318 Å². The highest BCUT2D eigenvalue weighted by atomic mass is 16.5. The Balaban J connectivity index is 1.07. The summed E-state index contributed by atoms with van der Waals surface area (Å²) < 4.78 is 6.09. The van der Waals surface area contributed by atoms with Gasteiger partial charge in [-0.25, -0.2) is 4.79 Å². The molecule has 6 rings (SSSR count). The second-order valence-corrected chi connectivity index (χ2v) is 13.4. The van der Waals surface area contributed by atoms with Crippen LogP contribution in [0.15, 0.2) is 132 Å². The van der Waals surface area contributed by atoms with E-state index in [4.69, 9.17) is 4.74 Å². The summed E-state index contributed by atoms with van der Waals surface area (Å²) in [6, 6.07) is 37.6. The van der Waals surface area contributed by atoms with E-state index in [-0.39, 0.29) is 35.9 Å². The summed E-state index contributed by atoms with van der Waals surface area (Å²) in [5.74, 6) is 0.414. The number of aromatic hydroxyl groups is 1. The normalized spacial score (nSPS) is 12.2. The number of aryl methyl sites for hydroxylation is 1. The summed E-state index contributed by atoms with van der Waals surface area (Å²) in [7, 11) is 0. The fraction of sp³-hybridized carbons (Fsp3) is 0.205. The number of hydrogen-bond acceptors (Lipinski definition) is 7. The summed E-state index contributed by atoms with van der Waals surface area (Å²) in [5, 5.41) is 37.0. The van der Waals surface area contributed by atoms with E-state index in [2.05, 4.69) is 15.6 Å². The predicted octanol–water partition coefficient (Wildman–Crippen LogP) is 6.83. The highest BCUT2D eigenvalue weighted by molar-refractivity contribution is 5.94. The van der Waals surface area contributed by atoms with E-state index in [1.807, 2.05) is 103 Å². The highest BCUT2D eigenvalue weighted by Gasteiger charge is 2.19. The van der Waals surface area contributed by atoms with Gasteiger partial charge in [-0.15, -0.1) is 0 Å². The molecule has 1 aromatic heterocycles. The lowest BCUT2D eigenvalue weighted by Gasteiger charge is -2.24. The largest absolute Gasteiger partial charge is 0.506 e. The van der Waals surface area contributed by atoms with Crippen molar-refractivity contribution in [3.63, 3.8) is 0 Å². The molecule has 0 aliphatic rings. The molecule has 5 aromatic carbocycles. The summed E-state index contributed by atoms with van der Waals surface area (Å²) in [4.78, 5) is 41.7. The van der Waals surface area contributed by atoms with Crippen LogP contribution >= 0.6 is 0 Å². The molecule has 0 aliphatic carbocycles. The number of carbonyl (C=O) groups is 2. The summed E-state index contributed by atoms with van der Waals surface area (Å²) in [6.45, 7) is 3.96. The predicted molar refractivity (Wildman–Crippen MR) is 211 cm³/mol. The van der Waals surface area contributed by atoms with Gasteiger partial charge in [0.25, 0.3) is 5.91 Å². The molecule has 1 heterocycles. The Hall–Kier alpha value is -6.43. The highest BCUT2D eigenvalue weighted by Crippen LogP contribution is 2.29. The van der Waals surface area contributed by atoms with Crippen molar-refractivity contribution in [2.24, 2.45) is 0 Å². The molecule has 2 atom stereocenters. The van der Waals surface area contributed by atoms with Gasteiger partial charge in [-0.05, 0) is 84.1 Å². The van der Waals surface area contributed by atoms with Crippen molar-refractivity contribution in [3.8, 4) is 11.5 Å². The van der Waals surface area contributed by atoms with Crippen molar-refractivity contribution in [1.82, 2.24) is 20.5 Å². The van der Waals surface area contributed by atoms with Gasteiger partial charge in [0.2, 0.25) is 5.56 Å². The standard InChI is InChI=1S/C44H44N4O7/c1-29-11-13-30(14-12-29)27-48(24-6-23-45-26-39(50)36-19-21-38(49)42-37(36)20-22-40(51)46-42)43(52)33-17-15-31(16-18-33)28-55-35-10-5-9-34(25-35)41(47-44(53)54)32-7-3-2-4-8-32/h2-5,7-22,25,39,41,45,47,49-50H,6,23-24,26-28H2,1H3,(H,46,51)(H,53,54)/t39?,41-/m0/s1. The number of hydrogen-bond donors (Lipinski definition) is 6. The quantitative estimate of drug-likeness (QED) is 0.0588. The SMILES string of the molecule is Cc1ccc(CN(CCCNCC(O)c2ccc(O)c3[nH]c(=O)ccc23)C(=O)c2ccc(COc3cccc([C@@H](NC(=O)O)c4ccccc4)c3)cc2)cc1. The summed E-state index contributed by atoms with van der Waals surface area (Å²) in [6.07, 6.45) is -1.38. The van der Waals surface area contributed by atoms with Crippen LogP contribution in [0.5, 0.6) is 11.5 Å². The number of carboxylic acid groups (broad SMARTS) is 1. The Morgan fingerprint density at radius 2 is 1.56 bits per heavy atom. The average molecular weight is 741 g/mol. The van der Waals surface area contributed by atoms with Crippen molar-refractivity contribution >= 4 is 22.9 Å². The summed E-state index contributed by atoms with van der Waals surface area (Å²) in [5.41, 5.74) is 5.64. The zero-order chi connectivity index (χ0) is 38.7. The maximum absolute atomic E-state index is 13.9. The lowest BCUT2D eigenvalue weighted by molar-refractivity contribution is 0.0740. The first kappa shape index (κ1) is 38.3. The maximum Gasteiger partial charge on any atom is 0.405 e. The third-order valence-electron chi connectivity index (χ3n) is 9.36.